The lowest BCUT2D eigenvalue weighted by atomic mass is 10.1. The van der Waals surface area contributed by atoms with E-state index in [2.05, 4.69) is 11.1 Å². The zero-order valence-electron chi connectivity index (χ0n) is 19.9. The Hall–Kier alpha value is -4.70. The minimum atomic E-state index is -0.239. The van der Waals surface area contributed by atoms with Gasteiger partial charge in [0.1, 0.15) is 23.8 Å². The van der Waals surface area contributed by atoms with Crippen molar-refractivity contribution in [2.75, 3.05) is 0 Å². The zero-order valence-corrected chi connectivity index (χ0v) is 19.9. The Balaban J connectivity index is 1.84. The number of aromatic nitrogens is 4. The number of aromatic hydroxyl groups is 1. The number of phenols is 1. The Bertz CT molecular complexity index is 1720. The van der Waals surface area contributed by atoms with Crippen molar-refractivity contribution < 1.29 is 5.11 Å². The fourth-order valence-electron chi connectivity index (χ4n) is 4.43. The van der Waals surface area contributed by atoms with Crippen molar-refractivity contribution in [2.45, 2.75) is 27.7 Å². The van der Waals surface area contributed by atoms with Crippen LogP contribution in [0.4, 0.5) is 0 Å². The maximum absolute atomic E-state index is 13.8. The van der Waals surface area contributed by atoms with Crippen LogP contribution in [0.3, 0.4) is 0 Å². The number of fused-ring (bicyclic) bond motifs is 1. The molecule has 0 atom stereocenters. The molecule has 0 spiro atoms. The summed E-state index contributed by atoms with van der Waals surface area (Å²) >= 11 is 0. The number of benzene rings is 2. The van der Waals surface area contributed by atoms with Gasteiger partial charge in [-0.1, -0.05) is 23.8 Å². The van der Waals surface area contributed by atoms with E-state index in [1.807, 2.05) is 61.7 Å². The Labute approximate surface area is 202 Å². The predicted molar refractivity (Wildman–Crippen MR) is 135 cm³/mol. The highest BCUT2D eigenvalue weighted by Gasteiger charge is 2.20. The number of aryl methyl sites for hydroxylation is 3. The molecule has 172 valence electrons. The minimum absolute atomic E-state index is 0.120. The molecule has 35 heavy (non-hydrogen) atoms. The lowest BCUT2D eigenvalue weighted by Crippen LogP contribution is -2.20. The molecule has 0 bridgehead atoms. The van der Waals surface area contributed by atoms with Crippen molar-refractivity contribution in [3.63, 3.8) is 0 Å². The van der Waals surface area contributed by atoms with Gasteiger partial charge in [0.2, 0.25) is 0 Å². The molecular weight excluding hydrogens is 438 g/mol. The molecular formula is C28H23N5O2. The zero-order chi connectivity index (χ0) is 24.9. The second-order valence-electron chi connectivity index (χ2n) is 8.73. The van der Waals surface area contributed by atoms with E-state index in [1.165, 1.54) is 10.9 Å². The lowest BCUT2D eigenvalue weighted by molar-refractivity contribution is 0.470. The first-order valence-electron chi connectivity index (χ1n) is 11.2. The molecule has 5 aromatic rings. The molecule has 0 unspecified atom stereocenters. The standard InChI is InChI=1S/C28H23N5O2/c1-16-5-8-21(9-6-16)33-24(20-11-18(3)23(13-29)30-14-20)12-22-27(33)31-15-32(28(22)35)26-17(2)7-10-25(34)19(26)4/h5-12,14-15,34H,1-4H3. The Morgan fingerprint density at radius 1 is 0.943 bits per heavy atom. The predicted octanol–water partition coefficient (Wildman–Crippen LogP) is 5.05. The van der Waals surface area contributed by atoms with Crippen molar-refractivity contribution in [3.8, 4) is 34.5 Å². The van der Waals surface area contributed by atoms with Crippen LogP contribution in [0.5, 0.6) is 5.75 Å². The quantitative estimate of drug-likeness (QED) is 0.406. The van der Waals surface area contributed by atoms with Crippen molar-refractivity contribution in [2.24, 2.45) is 0 Å². The van der Waals surface area contributed by atoms with Crippen LogP contribution >= 0.6 is 0 Å². The van der Waals surface area contributed by atoms with E-state index >= 15 is 0 Å². The van der Waals surface area contributed by atoms with Crippen LogP contribution < -0.4 is 5.56 Å². The lowest BCUT2D eigenvalue weighted by Gasteiger charge is -2.14. The molecule has 0 fully saturated rings. The molecule has 0 amide bonds. The van der Waals surface area contributed by atoms with Gasteiger partial charge in [-0.25, -0.2) is 9.97 Å². The van der Waals surface area contributed by atoms with E-state index in [4.69, 9.17) is 4.98 Å². The first-order valence-corrected chi connectivity index (χ1v) is 11.2. The summed E-state index contributed by atoms with van der Waals surface area (Å²) in [6.45, 7) is 7.53. The molecule has 5 rings (SSSR count). The molecule has 3 heterocycles. The summed E-state index contributed by atoms with van der Waals surface area (Å²) < 4.78 is 3.42. The summed E-state index contributed by atoms with van der Waals surface area (Å²) in [5.41, 5.74) is 6.97. The fourth-order valence-corrected chi connectivity index (χ4v) is 4.43. The molecule has 3 aromatic heterocycles. The monoisotopic (exact) mass is 461 g/mol. The molecule has 0 saturated carbocycles. The molecule has 0 aliphatic heterocycles. The van der Waals surface area contributed by atoms with Gasteiger partial charge in [0.05, 0.1) is 16.8 Å². The van der Waals surface area contributed by atoms with Crippen LogP contribution in [0.1, 0.15) is 27.9 Å². The van der Waals surface area contributed by atoms with Crippen LogP contribution in [-0.4, -0.2) is 24.2 Å². The Kier molecular flexibility index (Phi) is 5.22. The van der Waals surface area contributed by atoms with Crippen molar-refractivity contribution >= 4 is 11.0 Å². The van der Waals surface area contributed by atoms with E-state index in [0.29, 0.717) is 28.0 Å². The second kappa shape index (κ2) is 8.26. The summed E-state index contributed by atoms with van der Waals surface area (Å²) in [7, 11) is 0. The van der Waals surface area contributed by atoms with Crippen LogP contribution in [0, 0.1) is 39.0 Å². The molecule has 7 nitrogen and oxygen atoms in total. The van der Waals surface area contributed by atoms with E-state index in [-0.39, 0.29) is 11.3 Å². The van der Waals surface area contributed by atoms with Gasteiger partial charge in [-0.15, -0.1) is 0 Å². The van der Waals surface area contributed by atoms with Gasteiger partial charge in [0.25, 0.3) is 5.56 Å². The van der Waals surface area contributed by atoms with Crippen LogP contribution in [0.15, 0.2) is 65.8 Å². The summed E-state index contributed by atoms with van der Waals surface area (Å²) in [5.74, 6) is 0.120. The average Bonchev–Trinajstić information content (AvgIpc) is 3.24. The molecule has 0 aliphatic carbocycles. The summed E-state index contributed by atoms with van der Waals surface area (Å²) in [4.78, 5) is 22.8. The SMILES string of the molecule is Cc1ccc(-n2c(-c3cnc(C#N)c(C)c3)cc3c(=O)n(-c4c(C)ccc(O)c4C)cnc32)cc1. The first-order chi connectivity index (χ1) is 16.8. The normalized spacial score (nSPS) is 11.1. The van der Waals surface area contributed by atoms with Crippen LogP contribution in [0.25, 0.3) is 33.7 Å². The van der Waals surface area contributed by atoms with E-state index in [1.54, 1.807) is 25.3 Å². The van der Waals surface area contributed by atoms with Gasteiger partial charge in [-0.05, 0) is 69.2 Å². The van der Waals surface area contributed by atoms with Crippen molar-refractivity contribution in [1.82, 2.24) is 19.1 Å². The van der Waals surface area contributed by atoms with E-state index in [0.717, 1.165) is 33.6 Å². The molecule has 2 aromatic carbocycles. The van der Waals surface area contributed by atoms with Crippen LogP contribution in [0.2, 0.25) is 0 Å². The molecule has 0 saturated heterocycles. The van der Waals surface area contributed by atoms with E-state index < -0.39 is 0 Å². The summed E-state index contributed by atoms with van der Waals surface area (Å²) in [6.07, 6.45) is 3.16. The van der Waals surface area contributed by atoms with Gasteiger partial charge >= 0.3 is 0 Å². The third-order valence-electron chi connectivity index (χ3n) is 6.34. The van der Waals surface area contributed by atoms with Gasteiger partial charge in [0, 0.05) is 23.0 Å². The third-order valence-corrected chi connectivity index (χ3v) is 6.34. The van der Waals surface area contributed by atoms with Crippen molar-refractivity contribution in [1.29, 1.82) is 5.26 Å². The fraction of sp³-hybridized carbons (Fsp3) is 0.143. The Morgan fingerprint density at radius 2 is 1.69 bits per heavy atom. The molecule has 7 heteroatoms. The van der Waals surface area contributed by atoms with E-state index in [9.17, 15) is 15.2 Å². The molecule has 0 radical (unpaired) electrons. The van der Waals surface area contributed by atoms with Gasteiger partial charge in [-0.2, -0.15) is 5.26 Å². The topological polar surface area (TPSA) is 96.7 Å². The Morgan fingerprint density at radius 3 is 2.37 bits per heavy atom. The van der Waals surface area contributed by atoms with Gasteiger partial charge in [0.15, 0.2) is 5.65 Å². The molecule has 1 N–H and O–H groups in total. The number of hydrogen-bond acceptors (Lipinski definition) is 5. The number of hydrogen-bond donors (Lipinski definition) is 1. The van der Waals surface area contributed by atoms with Crippen molar-refractivity contribution in [3.05, 3.63) is 99.4 Å². The largest absolute Gasteiger partial charge is 0.508 e. The highest BCUT2D eigenvalue weighted by atomic mass is 16.3. The highest BCUT2D eigenvalue weighted by molar-refractivity contribution is 5.86. The van der Waals surface area contributed by atoms with Crippen LogP contribution in [-0.2, 0) is 0 Å². The summed E-state index contributed by atoms with van der Waals surface area (Å²) in [6, 6.07) is 17.2. The smallest absolute Gasteiger partial charge is 0.267 e. The number of nitriles is 1. The second-order valence-corrected chi connectivity index (χ2v) is 8.73. The maximum atomic E-state index is 13.8. The third kappa shape index (κ3) is 3.56. The number of pyridine rings is 1. The average molecular weight is 462 g/mol. The first kappa shape index (κ1) is 22.1. The highest BCUT2D eigenvalue weighted by Crippen LogP contribution is 2.31. The number of phenolic OH excluding ortho intramolecular Hbond substituents is 1. The molecule has 0 aliphatic rings. The summed E-state index contributed by atoms with van der Waals surface area (Å²) in [5, 5.41) is 20.0. The number of rotatable bonds is 3. The number of nitrogens with zero attached hydrogens (tertiary/aromatic N) is 5. The van der Waals surface area contributed by atoms with Gasteiger partial charge in [-0.3, -0.25) is 13.9 Å². The maximum Gasteiger partial charge on any atom is 0.267 e. The minimum Gasteiger partial charge on any atom is -0.508 e. The van der Waals surface area contributed by atoms with Gasteiger partial charge < -0.3 is 5.11 Å².